The molecule has 0 saturated heterocycles. The molecule has 0 aliphatic rings. The Morgan fingerprint density at radius 3 is 2.52 bits per heavy atom. The lowest BCUT2D eigenvalue weighted by molar-refractivity contribution is 0.353. The highest BCUT2D eigenvalue weighted by atomic mass is 79.9. The molecule has 1 nitrogen and oxygen atoms in total. The van der Waals surface area contributed by atoms with E-state index >= 15 is 0 Å². The maximum absolute atomic E-state index is 3.77. The summed E-state index contributed by atoms with van der Waals surface area (Å²) in [7, 11) is 0. The van der Waals surface area contributed by atoms with Gasteiger partial charge in [0.2, 0.25) is 0 Å². The van der Waals surface area contributed by atoms with Gasteiger partial charge in [0.15, 0.2) is 0 Å². The summed E-state index contributed by atoms with van der Waals surface area (Å²) in [4.78, 5) is 0. The van der Waals surface area contributed by atoms with Crippen molar-refractivity contribution in [3.63, 3.8) is 0 Å². The van der Waals surface area contributed by atoms with Gasteiger partial charge in [-0.3, -0.25) is 0 Å². The van der Waals surface area contributed by atoms with Gasteiger partial charge in [-0.15, -0.1) is 0 Å². The molecule has 0 aromatic heterocycles. The fraction of sp³-hybridized carbons (Fsp3) is 0.684. The molecule has 0 heterocycles. The summed E-state index contributed by atoms with van der Waals surface area (Å²) < 4.78 is 1.23. The number of halogens is 1. The van der Waals surface area contributed by atoms with Gasteiger partial charge in [0, 0.05) is 10.5 Å². The molecule has 0 aliphatic carbocycles. The second-order valence-electron chi connectivity index (χ2n) is 6.11. The molecule has 1 aromatic carbocycles. The fourth-order valence-electron chi connectivity index (χ4n) is 2.96. The standard InChI is InChI=1S/C19H32BrN/c1-5-8-10-16(7-3)14-19(21-13-6-2)17-11-9-12-18(20)15(17)4/h9,11-12,16,19,21H,5-8,10,13-14H2,1-4H3. The summed E-state index contributed by atoms with van der Waals surface area (Å²) in [5.41, 5.74) is 2.85. The molecule has 2 unspecified atom stereocenters. The molecule has 0 saturated carbocycles. The average Bonchev–Trinajstić information content (AvgIpc) is 2.50. The van der Waals surface area contributed by atoms with E-state index in [4.69, 9.17) is 0 Å². The molecule has 0 spiro atoms. The number of rotatable bonds is 10. The first-order valence-corrected chi connectivity index (χ1v) is 9.41. The van der Waals surface area contributed by atoms with E-state index in [-0.39, 0.29) is 0 Å². The Balaban J connectivity index is 2.85. The molecule has 0 fully saturated rings. The third-order valence-corrected chi connectivity index (χ3v) is 5.30. The first-order chi connectivity index (χ1) is 10.1. The second-order valence-corrected chi connectivity index (χ2v) is 6.97. The molecule has 0 radical (unpaired) electrons. The summed E-state index contributed by atoms with van der Waals surface area (Å²) >= 11 is 3.68. The maximum atomic E-state index is 3.77. The Hall–Kier alpha value is -0.340. The first-order valence-electron chi connectivity index (χ1n) is 8.62. The second kappa shape index (κ2) is 10.4. The minimum absolute atomic E-state index is 0.490. The molecule has 0 aliphatic heterocycles. The third-order valence-electron chi connectivity index (χ3n) is 4.44. The molecule has 0 amide bonds. The van der Waals surface area contributed by atoms with Crippen molar-refractivity contribution in [3.8, 4) is 0 Å². The first kappa shape index (κ1) is 18.7. The Labute approximate surface area is 140 Å². The molecule has 2 heteroatoms. The van der Waals surface area contributed by atoms with Crippen molar-refractivity contribution in [2.45, 2.75) is 72.3 Å². The van der Waals surface area contributed by atoms with Crippen LogP contribution in [0.4, 0.5) is 0 Å². The quantitative estimate of drug-likeness (QED) is 0.512. The summed E-state index contributed by atoms with van der Waals surface area (Å²) in [6.45, 7) is 10.2. The highest BCUT2D eigenvalue weighted by Gasteiger charge is 2.18. The van der Waals surface area contributed by atoms with Gasteiger partial charge in [-0.25, -0.2) is 0 Å². The van der Waals surface area contributed by atoms with E-state index in [0.717, 1.165) is 12.5 Å². The van der Waals surface area contributed by atoms with Crippen LogP contribution < -0.4 is 5.32 Å². The third kappa shape index (κ3) is 6.12. The SMILES string of the molecule is CCCCC(CC)CC(NCCC)c1cccc(Br)c1C. The maximum Gasteiger partial charge on any atom is 0.0325 e. The normalized spacial score (nSPS) is 14.1. The van der Waals surface area contributed by atoms with Crippen molar-refractivity contribution < 1.29 is 0 Å². The number of hydrogen-bond acceptors (Lipinski definition) is 1. The van der Waals surface area contributed by atoms with Crippen molar-refractivity contribution in [1.82, 2.24) is 5.32 Å². The molecular formula is C19H32BrN. The zero-order valence-electron chi connectivity index (χ0n) is 14.2. The van der Waals surface area contributed by atoms with Crippen LogP contribution in [0.2, 0.25) is 0 Å². The number of hydrogen-bond donors (Lipinski definition) is 1. The zero-order valence-corrected chi connectivity index (χ0v) is 15.8. The van der Waals surface area contributed by atoms with Crippen LogP contribution in [0.25, 0.3) is 0 Å². The minimum Gasteiger partial charge on any atom is -0.310 e. The van der Waals surface area contributed by atoms with Crippen LogP contribution in [-0.4, -0.2) is 6.54 Å². The van der Waals surface area contributed by atoms with E-state index < -0.39 is 0 Å². The minimum atomic E-state index is 0.490. The van der Waals surface area contributed by atoms with E-state index in [0.29, 0.717) is 6.04 Å². The Bertz CT molecular complexity index is 403. The predicted molar refractivity (Wildman–Crippen MR) is 97.8 cm³/mol. The molecule has 120 valence electrons. The highest BCUT2D eigenvalue weighted by Crippen LogP contribution is 2.31. The Morgan fingerprint density at radius 1 is 1.14 bits per heavy atom. The summed E-state index contributed by atoms with van der Waals surface area (Å²) in [6.07, 6.45) is 7.76. The predicted octanol–water partition coefficient (Wildman–Crippen LogP) is 6.40. The van der Waals surface area contributed by atoms with Crippen molar-refractivity contribution in [1.29, 1.82) is 0 Å². The van der Waals surface area contributed by atoms with Gasteiger partial charge in [-0.05, 0) is 49.4 Å². The van der Waals surface area contributed by atoms with Crippen LogP contribution in [0.1, 0.15) is 76.5 Å². The van der Waals surface area contributed by atoms with Gasteiger partial charge in [-0.2, -0.15) is 0 Å². The summed E-state index contributed by atoms with van der Waals surface area (Å²) in [6, 6.07) is 7.09. The summed E-state index contributed by atoms with van der Waals surface area (Å²) in [5.74, 6) is 0.831. The molecule has 2 atom stereocenters. The van der Waals surface area contributed by atoms with Crippen molar-refractivity contribution >= 4 is 15.9 Å². The number of unbranched alkanes of at least 4 members (excludes halogenated alkanes) is 1. The van der Waals surface area contributed by atoms with Crippen molar-refractivity contribution in [3.05, 3.63) is 33.8 Å². The molecule has 1 aromatic rings. The largest absolute Gasteiger partial charge is 0.310 e. The van der Waals surface area contributed by atoms with Crippen molar-refractivity contribution in [2.24, 2.45) is 5.92 Å². The van der Waals surface area contributed by atoms with Gasteiger partial charge in [0.1, 0.15) is 0 Å². The topological polar surface area (TPSA) is 12.0 Å². The van der Waals surface area contributed by atoms with E-state index in [1.54, 1.807) is 0 Å². The van der Waals surface area contributed by atoms with Gasteiger partial charge in [-0.1, -0.05) is 74.5 Å². The lowest BCUT2D eigenvalue weighted by atomic mass is 9.88. The van der Waals surface area contributed by atoms with E-state index in [1.807, 2.05) is 0 Å². The van der Waals surface area contributed by atoms with Gasteiger partial charge >= 0.3 is 0 Å². The monoisotopic (exact) mass is 353 g/mol. The fourth-order valence-corrected chi connectivity index (χ4v) is 3.34. The molecule has 1 rings (SSSR count). The van der Waals surface area contributed by atoms with Crippen LogP contribution in [0.15, 0.2) is 22.7 Å². The van der Waals surface area contributed by atoms with Crippen LogP contribution in [0.3, 0.4) is 0 Å². The lowest BCUT2D eigenvalue weighted by Crippen LogP contribution is -2.25. The number of benzene rings is 1. The van der Waals surface area contributed by atoms with Gasteiger partial charge < -0.3 is 5.32 Å². The highest BCUT2D eigenvalue weighted by molar-refractivity contribution is 9.10. The van der Waals surface area contributed by atoms with Crippen molar-refractivity contribution in [2.75, 3.05) is 6.54 Å². The van der Waals surface area contributed by atoms with E-state index in [1.165, 1.54) is 54.1 Å². The van der Waals surface area contributed by atoms with Crippen LogP contribution in [-0.2, 0) is 0 Å². The Kier molecular flexibility index (Phi) is 9.26. The Morgan fingerprint density at radius 2 is 1.90 bits per heavy atom. The molecule has 21 heavy (non-hydrogen) atoms. The van der Waals surface area contributed by atoms with Gasteiger partial charge in [0.25, 0.3) is 0 Å². The van der Waals surface area contributed by atoms with E-state index in [2.05, 4.69) is 67.1 Å². The van der Waals surface area contributed by atoms with Crippen LogP contribution in [0, 0.1) is 12.8 Å². The lowest BCUT2D eigenvalue weighted by Gasteiger charge is -2.26. The van der Waals surface area contributed by atoms with Crippen LogP contribution in [0.5, 0.6) is 0 Å². The summed E-state index contributed by atoms with van der Waals surface area (Å²) in [5, 5.41) is 3.77. The molecule has 0 bridgehead atoms. The smallest absolute Gasteiger partial charge is 0.0325 e. The van der Waals surface area contributed by atoms with Gasteiger partial charge in [0.05, 0.1) is 0 Å². The molecule has 1 N–H and O–H groups in total. The van der Waals surface area contributed by atoms with Crippen LogP contribution >= 0.6 is 15.9 Å². The zero-order chi connectivity index (χ0) is 15.7. The molecular weight excluding hydrogens is 322 g/mol. The average molecular weight is 354 g/mol. The number of nitrogens with one attached hydrogen (secondary N) is 1. The van der Waals surface area contributed by atoms with E-state index in [9.17, 15) is 0 Å².